The SMILES string of the molecule is [CH2+]Cn1ncc(-c2cc(C(F)(F)F)cc3[nH]ncc23)c1C. The van der Waals surface area contributed by atoms with E-state index in [9.17, 15) is 13.2 Å². The van der Waals surface area contributed by atoms with Crippen LogP contribution < -0.4 is 0 Å². The molecule has 4 nitrogen and oxygen atoms in total. The summed E-state index contributed by atoms with van der Waals surface area (Å²) in [5.74, 6) is 0. The molecular weight excluding hydrogens is 281 g/mol. The first-order chi connectivity index (χ1) is 9.91. The van der Waals surface area contributed by atoms with Crippen LogP contribution in [0.2, 0.25) is 0 Å². The minimum Gasteiger partial charge on any atom is -0.278 e. The second-order valence-electron chi connectivity index (χ2n) is 4.72. The van der Waals surface area contributed by atoms with Crippen LogP contribution in [0, 0.1) is 13.8 Å². The van der Waals surface area contributed by atoms with Gasteiger partial charge in [0.2, 0.25) is 0 Å². The predicted molar refractivity (Wildman–Crippen MR) is 72.4 cm³/mol. The molecule has 0 aliphatic heterocycles. The van der Waals surface area contributed by atoms with Crippen molar-refractivity contribution in [2.75, 3.05) is 0 Å². The Kier molecular flexibility index (Phi) is 2.93. The average molecular weight is 293 g/mol. The second kappa shape index (κ2) is 4.54. The van der Waals surface area contributed by atoms with Crippen LogP contribution in [-0.2, 0) is 12.7 Å². The topological polar surface area (TPSA) is 46.5 Å². The van der Waals surface area contributed by atoms with E-state index in [1.54, 1.807) is 17.8 Å². The van der Waals surface area contributed by atoms with Crippen LogP contribution >= 0.6 is 0 Å². The number of rotatable bonds is 2. The summed E-state index contributed by atoms with van der Waals surface area (Å²) in [4.78, 5) is 0. The normalized spacial score (nSPS) is 12.2. The quantitative estimate of drug-likeness (QED) is 0.734. The monoisotopic (exact) mass is 293 g/mol. The van der Waals surface area contributed by atoms with Gasteiger partial charge < -0.3 is 0 Å². The van der Waals surface area contributed by atoms with E-state index in [-0.39, 0.29) is 0 Å². The maximum Gasteiger partial charge on any atom is 0.416 e. The largest absolute Gasteiger partial charge is 0.416 e. The van der Waals surface area contributed by atoms with Crippen molar-refractivity contribution in [1.82, 2.24) is 20.0 Å². The van der Waals surface area contributed by atoms with Gasteiger partial charge in [-0.2, -0.15) is 23.4 Å². The van der Waals surface area contributed by atoms with Gasteiger partial charge in [-0.05, 0) is 24.6 Å². The minimum atomic E-state index is -4.41. The van der Waals surface area contributed by atoms with Gasteiger partial charge in [0, 0.05) is 16.6 Å². The summed E-state index contributed by atoms with van der Waals surface area (Å²) >= 11 is 0. The van der Waals surface area contributed by atoms with Gasteiger partial charge >= 0.3 is 6.18 Å². The van der Waals surface area contributed by atoms with Gasteiger partial charge in [0.15, 0.2) is 6.54 Å². The molecule has 0 unspecified atom stereocenters. The van der Waals surface area contributed by atoms with E-state index in [4.69, 9.17) is 0 Å². The van der Waals surface area contributed by atoms with Crippen LogP contribution in [-0.4, -0.2) is 20.0 Å². The number of aromatic nitrogens is 4. The Morgan fingerprint density at radius 1 is 1.24 bits per heavy atom. The predicted octanol–water partition coefficient (Wildman–Crippen LogP) is 3.59. The lowest BCUT2D eigenvalue weighted by Crippen LogP contribution is -2.05. The van der Waals surface area contributed by atoms with Gasteiger partial charge in [0.1, 0.15) is 0 Å². The molecule has 7 heteroatoms. The van der Waals surface area contributed by atoms with Crippen LogP contribution in [0.4, 0.5) is 13.2 Å². The first-order valence-corrected chi connectivity index (χ1v) is 6.28. The molecule has 2 aromatic heterocycles. The van der Waals surface area contributed by atoms with Crippen molar-refractivity contribution in [3.05, 3.63) is 42.7 Å². The molecule has 0 aliphatic rings. The maximum absolute atomic E-state index is 13.0. The molecule has 0 aliphatic carbocycles. The number of alkyl halides is 3. The third-order valence-corrected chi connectivity index (χ3v) is 3.49. The number of hydrogen-bond donors (Lipinski definition) is 1. The highest BCUT2D eigenvalue weighted by Gasteiger charge is 2.32. The minimum absolute atomic E-state index is 0.349. The molecule has 1 N–H and O–H groups in total. The summed E-state index contributed by atoms with van der Waals surface area (Å²) in [5, 5.41) is 11.2. The molecule has 21 heavy (non-hydrogen) atoms. The molecule has 0 amide bonds. The third kappa shape index (κ3) is 2.14. The van der Waals surface area contributed by atoms with Crippen LogP contribution in [0.3, 0.4) is 0 Å². The Hall–Kier alpha value is -2.44. The lowest BCUT2D eigenvalue weighted by Gasteiger charge is -2.10. The molecular formula is C14H12F3N4+. The van der Waals surface area contributed by atoms with Crippen molar-refractivity contribution in [2.24, 2.45) is 0 Å². The number of nitrogens with zero attached hydrogens (tertiary/aromatic N) is 3. The van der Waals surface area contributed by atoms with E-state index in [1.807, 2.05) is 0 Å². The van der Waals surface area contributed by atoms with Crippen LogP contribution in [0.25, 0.3) is 22.0 Å². The standard InChI is InChI=1S/C14H12F3N4/c1-3-21-8(2)11(7-19-21)10-4-9(14(15,16)17)5-13-12(10)6-18-20-13/h4-7H,1,3H2,2H3,(H,18,20)/q+1. The number of benzene rings is 1. The second-order valence-corrected chi connectivity index (χ2v) is 4.72. The number of hydrogen-bond acceptors (Lipinski definition) is 2. The molecule has 0 radical (unpaired) electrons. The molecule has 0 fully saturated rings. The number of halogens is 3. The fourth-order valence-corrected chi connectivity index (χ4v) is 2.37. The molecule has 0 saturated heterocycles. The zero-order chi connectivity index (χ0) is 15.2. The molecule has 0 spiro atoms. The Balaban J connectivity index is 2.30. The van der Waals surface area contributed by atoms with Crippen LogP contribution in [0.15, 0.2) is 24.5 Å². The summed E-state index contributed by atoms with van der Waals surface area (Å²) in [5.41, 5.74) is 1.52. The highest BCUT2D eigenvalue weighted by molar-refractivity contribution is 5.95. The Bertz CT molecular complexity index is 798. The Morgan fingerprint density at radius 2 is 2.00 bits per heavy atom. The van der Waals surface area contributed by atoms with E-state index < -0.39 is 11.7 Å². The zero-order valence-electron chi connectivity index (χ0n) is 11.2. The molecule has 3 rings (SSSR count). The molecule has 2 heterocycles. The number of aromatic amines is 1. The van der Waals surface area contributed by atoms with Crippen LogP contribution in [0.1, 0.15) is 11.3 Å². The summed E-state index contributed by atoms with van der Waals surface area (Å²) in [6.45, 7) is 5.96. The summed E-state index contributed by atoms with van der Waals surface area (Å²) < 4.78 is 40.7. The number of fused-ring (bicyclic) bond motifs is 1. The van der Waals surface area contributed by atoms with Gasteiger partial charge in [-0.3, -0.25) is 5.10 Å². The van der Waals surface area contributed by atoms with Crippen molar-refractivity contribution >= 4 is 10.9 Å². The molecule has 0 bridgehead atoms. The van der Waals surface area contributed by atoms with E-state index in [0.29, 0.717) is 28.6 Å². The van der Waals surface area contributed by atoms with E-state index in [2.05, 4.69) is 22.2 Å². The average Bonchev–Trinajstić information content (AvgIpc) is 3.02. The molecule has 0 saturated carbocycles. The van der Waals surface area contributed by atoms with Crippen molar-refractivity contribution < 1.29 is 13.2 Å². The number of nitrogens with one attached hydrogen (secondary N) is 1. The van der Waals surface area contributed by atoms with E-state index in [1.165, 1.54) is 6.20 Å². The molecule has 1 aromatic carbocycles. The van der Waals surface area contributed by atoms with Crippen molar-refractivity contribution in [3.8, 4) is 11.1 Å². The molecule has 108 valence electrons. The summed E-state index contributed by atoms with van der Waals surface area (Å²) in [6, 6.07) is 2.20. The summed E-state index contributed by atoms with van der Waals surface area (Å²) in [6.07, 6.45) is -1.33. The first-order valence-electron chi connectivity index (χ1n) is 6.28. The fourth-order valence-electron chi connectivity index (χ4n) is 2.37. The molecule has 0 atom stereocenters. The first kappa shape index (κ1) is 13.5. The van der Waals surface area contributed by atoms with Gasteiger partial charge in [-0.15, -0.1) is 0 Å². The molecule has 3 aromatic rings. The number of H-pyrrole nitrogens is 1. The smallest absolute Gasteiger partial charge is 0.278 e. The van der Waals surface area contributed by atoms with E-state index in [0.717, 1.165) is 17.8 Å². The van der Waals surface area contributed by atoms with Gasteiger partial charge in [-0.1, -0.05) is 0 Å². The zero-order valence-corrected chi connectivity index (χ0v) is 11.2. The van der Waals surface area contributed by atoms with Crippen molar-refractivity contribution in [2.45, 2.75) is 19.6 Å². The fraction of sp³-hybridized carbons (Fsp3) is 0.214. The van der Waals surface area contributed by atoms with E-state index >= 15 is 0 Å². The third-order valence-electron chi connectivity index (χ3n) is 3.49. The van der Waals surface area contributed by atoms with Gasteiger partial charge in [0.05, 0.1) is 30.4 Å². The van der Waals surface area contributed by atoms with Crippen molar-refractivity contribution in [3.63, 3.8) is 0 Å². The lowest BCUT2D eigenvalue weighted by atomic mass is 9.99. The Morgan fingerprint density at radius 3 is 2.62 bits per heavy atom. The van der Waals surface area contributed by atoms with Crippen LogP contribution in [0.5, 0.6) is 0 Å². The maximum atomic E-state index is 13.0. The van der Waals surface area contributed by atoms with Crippen molar-refractivity contribution in [1.29, 1.82) is 0 Å². The summed E-state index contributed by atoms with van der Waals surface area (Å²) in [7, 11) is 0. The Labute approximate surface area is 118 Å². The van der Waals surface area contributed by atoms with Gasteiger partial charge in [-0.25, -0.2) is 4.68 Å². The highest BCUT2D eigenvalue weighted by Crippen LogP contribution is 2.37. The highest BCUT2D eigenvalue weighted by atomic mass is 19.4. The van der Waals surface area contributed by atoms with Gasteiger partial charge in [0.25, 0.3) is 0 Å². The lowest BCUT2D eigenvalue weighted by molar-refractivity contribution is -0.137.